The van der Waals surface area contributed by atoms with Crippen molar-refractivity contribution in [2.45, 2.75) is 25.7 Å². The van der Waals surface area contributed by atoms with E-state index in [1.54, 1.807) is 12.3 Å². The van der Waals surface area contributed by atoms with Crippen LogP contribution >= 0.6 is 0 Å². The van der Waals surface area contributed by atoms with Gasteiger partial charge in [-0.1, -0.05) is 12.8 Å². The lowest BCUT2D eigenvalue weighted by Crippen LogP contribution is -2.25. The van der Waals surface area contributed by atoms with E-state index in [9.17, 15) is 4.79 Å². The molecule has 2 rings (SSSR count). The number of carbonyl (C=O) groups excluding carboxylic acids is 1. The van der Waals surface area contributed by atoms with Crippen LogP contribution in [0.1, 0.15) is 36.2 Å². The lowest BCUT2D eigenvalue weighted by Gasteiger charge is -2.05. The highest BCUT2D eigenvalue weighted by Crippen LogP contribution is 2.33. The minimum atomic E-state index is -0.0853. The lowest BCUT2D eigenvalue weighted by atomic mass is 10.2. The molecule has 4 heteroatoms. The van der Waals surface area contributed by atoms with Gasteiger partial charge in [0.25, 0.3) is 5.91 Å². The number of amides is 1. The van der Waals surface area contributed by atoms with Crippen LogP contribution in [0.3, 0.4) is 0 Å². The van der Waals surface area contributed by atoms with Crippen LogP contribution in [0.4, 0.5) is 5.69 Å². The van der Waals surface area contributed by atoms with Crippen LogP contribution in [-0.2, 0) is 0 Å². The number of carbonyl (C=O) groups is 1. The summed E-state index contributed by atoms with van der Waals surface area (Å²) < 4.78 is 0. The molecule has 0 aliphatic heterocycles. The summed E-state index contributed by atoms with van der Waals surface area (Å²) >= 11 is 0. The van der Waals surface area contributed by atoms with Gasteiger partial charge in [0.05, 0.1) is 0 Å². The van der Waals surface area contributed by atoms with Crippen molar-refractivity contribution in [2.75, 3.05) is 18.9 Å². The maximum Gasteiger partial charge on any atom is 0.269 e. The zero-order valence-electron chi connectivity index (χ0n) is 10.2. The standard InChI is InChI=1S/C13H19N3O/c1-14-11-6-8-15-12(9-11)13(17)16-7-2-3-10-4-5-10/h6,8-10H,2-5,7H2,1H3,(H,14,15)(H,16,17). The number of anilines is 1. The van der Waals surface area contributed by atoms with Crippen molar-refractivity contribution in [1.29, 1.82) is 0 Å². The Morgan fingerprint density at radius 1 is 1.53 bits per heavy atom. The molecule has 2 N–H and O–H groups in total. The molecule has 0 saturated heterocycles. The molecule has 1 aromatic rings. The second-order valence-electron chi connectivity index (χ2n) is 4.52. The number of aromatic nitrogens is 1. The van der Waals surface area contributed by atoms with Crippen LogP contribution in [0.25, 0.3) is 0 Å². The zero-order valence-corrected chi connectivity index (χ0v) is 10.2. The Morgan fingerprint density at radius 3 is 3.06 bits per heavy atom. The first kappa shape index (κ1) is 11.9. The number of hydrogen-bond acceptors (Lipinski definition) is 3. The van der Waals surface area contributed by atoms with E-state index in [1.807, 2.05) is 13.1 Å². The van der Waals surface area contributed by atoms with Gasteiger partial charge in [0, 0.05) is 25.5 Å². The fourth-order valence-corrected chi connectivity index (χ4v) is 1.80. The minimum Gasteiger partial charge on any atom is -0.388 e. The molecular formula is C13H19N3O. The van der Waals surface area contributed by atoms with Gasteiger partial charge >= 0.3 is 0 Å². The Bertz CT molecular complexity index is 388. The summed E-state index contributed by atoms with van der Waals surface area (Å²) in [4.78, 5) is 15.8. The van der Waals surface area contributed by atoms with Crippen LogP contribution in [0.2, 0.25) is 0 Å². The van der Waals surface area contributed by atoms with Crippen LogP contribution in [0.5, 0.6) is 0 Å². The van der Waals surface area contributed by atoms with Gasteiger partial charge in [-0.3, -0.25) is 9.78 Å². The predicted octanol–water partition coefficient (Wildman–Crippen LogP) is 2.04. The molecular weight excluding hydrogens is 214 g/mol. The second kappa shape index (κ2) is 5.66. The Balaban J connectivity index is 1.76. The molecule has 1 heterocycles. The minimum absolute atomic E-state index is 0.0853. The lowest BCUT2D eigenvalue weighted by molar-refractivity contribution is 0.0948. The molecule has 92 valence electrons. The average Bonchev–Trinajstić information content (AvgIpc) is 3.18. The molecule has 1 amide bonds. The fourth-order valence-electron chi connectivity index (χ4n) is 1.80. The summed E-state index contributed by atoms with van der Waals surface area (Å²) in [6, 6.07) is 3.60. The van der Waals surface area contributed by atoms with Crippen molar-refractivity contribution in [3.05, 3.63) is 24.0 Å². The Hall–Kier alpha value is -1.58. The van der Waals surface area contributed by atoms with E-state index in [4.69, 9.17) is 0 Å². The van der Waals surface area contributed by atoms with Crippen molar-refractivity contribution in [2.24, 2.45) is 5.92 Å². The first-order valence-electron chi connectivity index (χ1n) is 6.21. The first-order chi connectivity index (χ1) is 8.29. The van der Waals surface area contributed by atoms with Gasteiger partial charge in [-0.05, 0) is 30.9 Å². The molecule has 17 heavy (non-hydrogen) atoms. The predicted molar refractivity (Wildman–Crippen MR) is 68.1 cm³/mol. The first-order valence-corrected chi connectivity index (χ1v) is 6.21. The summed E-state index contributed by atoms with van der Waals surface area (Å²) in [7, 11) is 1.83. The summed E-state index contributed by atoms with van der Waals surface area (Å²) in [6.45, 7) is 0.751. The fraction of sp³-hybridized carbons (Fsp3) is 0.538. The summed E-state index contributed by atoms with van der Waals surface area (Å²) in [5.41, 5.74) is 1.38. The van der Waals surface area contributed by atoms with Crippen molar-refractivity contribution in [3.63, 3.8) is 0 Å². The molecule has 0 spiro atoms. The number of nitrogens with one attached hydrogen (secondary N) is 2. The molecule has 0 aromatic carbocycles. The molecule has 1 aliphatic rings. The van der Waals surface area contributed by atoms with E-state index in [-0.39, 0.29) is 5.91 Å². The van der Waals surface area contributed by atoms with Gasteiger partial charge in [-0.15, -0.1) is 0 Å². The topological polar surface area (TPSA) is 54.0 Å². The Kier molecular flexibility index (Phi) is 3.96. The molecule has 0 unspecified atom stereocenters. The highest BCUT2D eigenvalue weighted by atomic mass is 16.1. The van der Waals surface area contributed by atoms with Gasteiger partial charge in [0.1, 0.15) is 5.69 Å². The van der Waals surface area contributed by atoms with Crippen molar-refractivity contribution < 1.29 is 4.79 Å². The van der Waals surface area contributed by atoms with E-state index in [0.29, 0.717) is 5.69 Å². The van der Waals surface area contributed by atoms with Gasteiger partial charge in [-0.25, -0.2) is 0 Å². The van der Waals surface area contributed by atoms with E-state index >= 15 is 0 Å². The zero-order chi connectivity index (χ0) is 12.1. The average molecular weight is 233 g/mol. The van der Waals surface area contributed by atoms with Crippen molar-refractivity contribution in [3.8, 4) is 0 Å². The third-order valence-electron chi connectivity index (χ3n) is 3.05. The molecule has 4 nitrogen and oxygen atoms in total. The molecule has 1 aliphatic carbocycles. The largest absolute Gasteiger partial charge is 0.388 e. The third kappa shape index (κ3) is 3.73. The Morgan fingerprint density at radius 2 is 2.35 bits per heavy atom. The quantitative estimate of drug-likeness (QED) is 0.739. The summed E-state index contributed by atoms with van der Waals surface area (Å²) in [6.07, 6.45) is 6.71. The highest BCUT2D eigenvalue weighted by Gasteiger charge is 2.20. The molecule has 0 radical (unpaired) electrons. The molecule has 0 bridgehead atoms. The van der Waals surface area contributed by atoms with E-state index in [0.717, 1.165) is 24.6 Å². The number of pyridine rings is 1. The van der Waals surface area contributed by atoms with Crippen LogP contribution < -0.4 is 10.6 Å². The molecule has 0 atom stereocenters. The van der Waals surface area contributed by atoms with Gasteiger partial charge in [-0.2, -0.15) is 0 Å². The van der Waals surface area contributed by atoms with Crippen molar-refractivity contribution in [1.82, 2.24) is 10.3 Å². The maximum atomic E-state index is 11.8. The van der Waals surface area contributed by atoms with Gasteiger partial charge < -0.3 is 10.6 Å². The summed E-state index contributed by atoms with van der Waals surface area (Å²) in [5, 5.41) is 5.90. The van der Waals surface area contributed by atoms with Crippen molar-refractivity contribution >= 4 is 11.6 Å². The molecule has 1 saturated carbocycles. The van der Waals surface area contributed by atoms with Gasteiger partial charge in [0.15, 0.2) is 0 Å². The van der Waals surface area contributed by atoms with Gasteiger partial charge in [0.2, 0.25) is 0 Å². The molecule has 1 fully saturated rings. The number of rotatable bonds is 6. The third-order valence-corrected chi connectivity index (χ3v) is 3.05. The smallest absolute Gasteiger partial charge is 0.269 e. The highest BCUT2D eigenvalue weighted by molar-refractivity contribution is 5.93. The van der Waals surface area contributed by atoms with Crippen LogP contribution in [-0.4, -0.2) is 24.5 Å². The Labute approximate surface area is 102 Å². The maximum absolute atomic E-state index is 11.8. The van der Waals surface area contributed by atoms with E-state index in [1.165, 1.54) is 19.3 Å². The van der Waals surface area contributed by atoms with Crippen LogP contribution in [0.15, 0.2) is 18.3 Å². The number of nitrogens with zero attached hydrogens (tertiary/aromatic N) is 1. The van der Waals surface area contributed by atoms with E-state index in [2.05, 4.69) is 15.6 Å². The SMILES string of the molecule is CNc1ccnc(C(=O)NCCCC2CC2)c1. The normalized spacial score (nSPS) is 14.4. The summed E-state index contributed by atoms with van der Waals surface area (Å²) in [5.74, 6) is 0.843. The molecule has 1 aromatic heterocycles. The monoisotopic (exact) mass is 233 g/mol. The van der Waals surface area contributed by atoms with E-state index < -0.39 is 0 Å². The van der Waals surface area contributed by atoms with Crippen LogP contribution in [0, 0.1) is 5.92 Å². The number of hydrogen-bond donors (Lipinski definition) is 2. The second-order valence-corrected chi connectivity index (χ2v) is 4.52.